The molecule has 0 atom stereocenters. The molecule has 7 nitrogen and oxygen atoms in total. The van der Waals surface area contributed by atoms with Gasteiger partial charge in [0.15, 0.2) is 0 Å². The highest BCUT2D eigenvalue weighted by Gasteiger charge is 2.17. The quantitative estimate of drug-likeness (QED) is 0.794. The third kappa shape index (κ3) is 3.72. The molecule has 0 aliphatic carbocycles. The molecule has 0 radical (unpaired) electrons. The van der Waals surface area contributed by atoms with E-state index in [2.05, 4.69) is 20.8 Å². The average molecular weight is 290 g/mol. The molecule has 0 saturated carbocycles. The Kier molecular flexibility index (Phi) is 4.39. The van der Waals surface area contributed by atoms with Crippen molar-refractivity contribution in [3.8, 4) is 0 Å². The highest BCUT2D eigenvalue weighted by atomic mass is 19.1. The zero-order valence-electron chi connectivity index (χ0n) is 10.7. The molecule has 1 aromatic carbocycles. The van der Waals surface area contributed by atoms with Gasteiger partial charge in [-0.15, -0.1) is 0 Å². The van der Waals surface area contributed by atoms with Crippen molar-refractivity contribution < 1.29 is 19.1 Å². The molecule has 21 heavy (non-hydrogen) atoms. The van der Waals surface area contributed by atoms with Gasteiger partial charge in [0.2, 0.25) is 0 Å². The fourth-order valence-electron chi connectivity index (χ4n) is 1.61. The molecule has 0 aliphatic rings. The number of halogens is 1. The van der Waals surface area contributed by atoms with Crippen molar-refractivity contribution in [2.45, 2.75) is 6.54 Å². The number of urea groups is 1. The van der Waals surface area contributed by atoms with E-state index < -0.39 is 23.4 Å². The van der Waals surface area contributed by atoms with E-state index in [1.165, 1.54) is 18.3 Å². The minimum absolute atomic E-state index is 0.109. The monoisotopic (exact) mass is 290 g/mol. The minimum atomic E-state index is -1.46. The summed E-state index contributed by atoms with van der Waals surface area (Å²) in [6, 6.07) is 6.27. The average Bonchev–Trinajstić information content (AvgIpc) is 2.46. The number of carboxylic acids is 1. The van der Waals surface area contributed by atoms with Gasteiger partial charge >= 0.3 is 12.0 Å². The van der Waals surface area contributed by atoms with Crippen molar-refractivity contribution >= 4 is 17.7 Å². The molecular weight excluding hydrogens is 279 g/mol. The predicted octanol–water partition coefficient (Wildman–Crippen LogP) is 1.64. The minimum Gasteiger partial charge on any atom is -0.478 e. The van der Waals surface area contributed by atoms with Gasteiger partial charge in [0.1, 0.15) is 11.4 Å². The van der Waals surface area contributed by atoms with Crippen molar-refractivity contribution in [3.05, 3.63) is 53.6 Å². The maximum atomic E-state index is 13.4. The number of aromatic carboxylic acids is 1. The number of carbonyl (C=O) groups is 2. The second-order valence-electron chi connectivity index (χ2n) is 3.99. The van der Waals surface area contributed by atoms with E-state index in [0.29, 0.717) is 5.69 Å². The van der Waals surface area contributed by atoms with Crippen LogP contribution >= 0.6 is 0 Å². The van der Waals surface area contributed by atoms with E-state index in [9.17, 15) is 14.0 Å². The molecule has 0 unspecified atom stereocenters. The molecule has 0 spiro atoms. The van der Waals surface area contributed by atoms with Crippen LogP contribution in [0, 0.1) is 5.82 Å². The number of rotatable bonds is 4. The highest BCUT2D eigenvalue weighted by Crippen LogP contribution is 2.18. The van der Waals surface area contributed by atoms with Crippen molar-refractivity contribution in [2.75, 3.05) is 5.32 Å². The number of aromatic nitrogens is 2. The van der Waals surface area contributed by atoms with E-state index in [4.69, 9.17) is 5.11 Å². The Morgan fingerprint density at radius 1 is 1.24 bits per heavy atom. The van der Waals surface area contributed by atoms with E-state index in [-0.39, 0.29) is 12.2 Å². The van der Waals surface area contributed by atoms with Crippen LogP contribution in [0.4, 0.5) is 14.9 Å². The van der Waals surface area contributed by atoms with Gasteiger partial charge in [-0.1, -0.05) is 6.07 Å². The van der Waals surface area contributed by atoms with Gasteiger partial charge in [-0.05, 0) is 24.3 Å². The lowest BCUT2D eigenvalue weighted by atomic mass is 10.1. The van der Waals surface area contributed by atoms with Gasteiger partial charge < -0.3 is 15.7 Å². The molecule has 0 saturated heterocycles. The highest BCUT2D eigenvalue weighted by molar-refractivity contribution is 6.00. The van der Waals surface area contributed by atoms with Crippen LogP contribution in [0.1, 0.15) is 16.1 Å². The van der Waals surface area contributed by atoms with E-state index in [0.717, 1.165) is 6.07 Å². The summed E-state index contributed by atoms with van der Waals surface area (Å²) in [6.07, 6.45) is 1.50. The zero-order valence-corrected chi connectivity index (χ0v) is 10.7. The number of anilines is 1. The molecule has 1 heterocycles. The Hall–Kier alpha value is -3.03. The molecule has 2 rings (SSSR count). The molecule has 3 N–H and O–H groups in total. The third-order valence-electron chi connectivity index (χ3n) is 2.53. The molecule has 0 aliphatic heterocycles. The SMILES string of the molecule is O=C(NCc1cccnn1)Nc1cccc(F)c1C(=O)O. The van der Waals surface area contributed by atoms with Crippen molar-refractivity contribution in [1.29, 1.82) is 0 Å². The van der Waals surface area contributed by atoms with Crippen LogP contribution in [0.2, 0.25) is 0 Å². The summed E-state index contributed by atoms with van der Waals surface area (Å²) < 4.78 is 13.4. The second kappa shape index (κ2) is 6.42. The summed E-state index contributed by atoms with van der Waals surface area (Å²) in [5.74, 6) is -2.38. The summed E-state index contributed by atoms with van der Waals surface area (Å²) in [5, 5.41) is 21.1. The van der Waals surface area contributed by atoms with Gasteiger partial charge in [-0.3, -0.25) is 0 Å². The first-order valence-corrected chi connectivity index (χ1v) is 5.91. The fraction of sp³-hybridized carbons (Fsp3) is 0.0769. The number of carbonyl (C=O) groups excluding carboxylic acids is 1. The van der Waals surface area contributed by atoms with Crippen molar-refractivity contribution in [3.63, 3.8) is 0 Å². The number of hydrogen-bond donors (Lipinski definition) is 3. The Morgan fingerprint density at radius 3 is 2.71 bits per heavy atom. The first kappa shape index (κ1) is 14.4. The van der Waals surface area contributed by atoms with Crippen LogP contribution in [0.25, 0.3) is 0 Å². The number of nitrogens with zero attached hydrogens (tertiary/aromatic N) is 2. The Bertz CT molecular complexity index is 664. The lowest BCUT2D eigenvalue weighted by Crippen LogP contribution is -2.29. The van der Waals surface area contributed by atoms with Crippen LogP contribution in [0.15, 0.2) is 36.5 Å². The van der Waals surface area contributed by atoms with Crippen LogP contribution in [0.3, 0.4) is 0 Å². The summed E-state index contributed by atoms with van der Waals surface area (Å²) in [6.45, 7) is 0.109. The molecular formula is C13H11FN4O3. The van der Waals surface area contributed by atoms with Gasteiger partial charge in [0.05, 0.1) is 17.9 Å². The summed E-state index contributed by atoms with van der Waals surface area (Å²) in [5.41, 5.74) is -0.184. The molecule has 8 heteroatoms. The summed E-state index contributed by atoms with van der Waals surface area (Å²) in [7, 11) is 0. The normalized spacial score (nSPS) is 9.95. The maximum Gasteiger partial charge on any atom is 0.340 e. The van der Waals surface area contributed by atoms with E-state index in [1.807, 2.05) is 0 Å². The third-order valence-corrected chi connectivity index (χ3v) is 2.53. The molecule has 2 amide bonds. The van der Waals surface area contributed by atoms with Gasteiger partial charge in [-0.2, -0.15) is 10.2 Å². The van der Waals surface area contributed by atoms with Crippen LogP contribution in [0.5, 0.6) is 0 Å². The van der Waals surface area contributed by atoms with Gasteiger partial charge in [0.25, 0.3) is 0 Å². The molecule has 2 aromatic rings. The lowest BCUT2D eigenvalue weighted by molar-refractivity contribution is 0.0693. The number of benzene rings is 1. The zero-order chi connectivity index (χ0) is 15.2. The summed E-state index contributed by atoms with van der Waals surface area (Å²) >= 11 is 0. The van der Waals surface area contributed by atoms with Gasteiger partial charge in [0, 0.05) is 6.20 Å². The topological polar surface area (TPSA) is 104 Å². The van der Waals surface area contributed by atoms with Crippen molar-refractivity contribution in [1.82, 2.24) is 15.5 Å². The smallest absolute Gasteiger partial charge is 0.340 e. The largest absolute Gasteiger partial charge is 0.478 e. The van der Waals surface area contributed by atoms with Gasteiger partial charge in [-0.25, -0.2) is 14.0 Å². The first-order valence-electron chi connectivity index (χ1n) is 5.91. The Morgan fingerprint density at radius 2 is 2.05 bits per heavy atom. The lowest BCUT2D eigenvalue weighted by Gasteiger charge is -2.10. The number of nitrogens with one attached hydrogen (secondary N) is 2. The number of carboxylic acid groups (broad SMARTS) is 1. The Labute approximate surface area is 118 Å². The maximum absolute atomic E-state index is 13.4. The van der Waals surface area contributed by atoms with Crippen LogP contribution in [-0.2, 0) is 6.54 Å². The molecule has 0 fully saturated rings. The molecule has 1 aromatic heterocycles. The number of amides is 2. The molecule has 0 bridgehead atoms. The number of hydrogen-bond acceptors (Lipinski definition) is 4. The van der Waals surface area contributed by atoms with Crippen molar-refractivity contribution in [2.24, 2.45) is 0 Å². The Balaban J connectivity index is 2.03. The first-order chi connectivity index (χ1) is 10.1. The van der Waals surface area contributed by atoms with E-state index in [1.54, 1.807) is 12.1 Å². The van der Waals surface area contributed by atoms with Crippen LogP contribution in [-0.4, -0.2) is 27.3 Å². The second-order valence-corrected chi connectivity index (χ2v) is 3.99. The van der Waals surface area contributed by atoms with Crippen LogP contribution < -0.4 is 10.6 Å². The fourth-order valence-corrected chi connectivity index (χ4v) is 1.61. The standard InChI is InChI=1S/C13H11FN4O3/c14-9-4-1-5-10(11(9)12(19)20)17-13(21)15-7-8-3-2-6-16-18-8/h1-6H,7H2,(H,19,20)(H2,15,17,21). The summed E-state index contributed by atoms with van der Waals surface area (Å²) in [4.78, 5) is 22.7. The van der Waals surface area contributed by atoms with E-state index >= 15 is 0 Å². The molecule has 108 valence electrons. The predicted molar refractivity (Wildman–Crippen MR) is 71.2 cm³/mol.